The van der Waals surface area contributed by atoms with E-state index in [0.29, 0.717) is 40.4 Å². The number of carbonyl (C=O) groups is 3. The van der Waals surface area contributed by atoms with Gasteiger partial charge in [-0.25, -0.2) is 9.69 Å². The monoisotopic (exact) mass is 662 g/mol. The number of anilines is 1. The van der Waals surface area contributed by atoms with Gasteiger partial charge in [0.05, 0.1) is 12.3 Å². The third-order valence-electron chi connectivity index (χ3n) is 6.37. The van der Waals surface area contributed by atoms with Gasteiger partial charge in [0.25, 0.3) is 11.8 Å². The fourth-order valence-corrected chi connectivity index (χ4v) is 5.03. The molecule has 0 atom stereocenters. The molecule has 0 spiro atoms. The lowest BCUT2D eigenvalue weighted by atomic mass is 10.1. The minimum Gasteiger partial charge on any atom is -0.490 e. The number of fused-ring (bicyclic) bond motifs is 1. The van der Waals surface area contributed by atoms with Gasteiger partial charge in [-0.2, -0.15) is 0 Å². The van der Waals surface area contributed by atoms with Gasteiger partial charge in [0.1, 0.15) is 12.2 Å². The standard InChI is InChI=1S/C31H24Br2N2O5/c1-3-39-27-15-22(26(33)16-28(27)40-17-19-8-9-20-6-4-5-7-21(20)13-19)14-24-29(36)34-31(38)35(30(24)37)23-10-11-25(32)18(2)12-23/h4-16H,3,17H2,1-2H3,(H,34,36,38)/b24-14+. The van der Waals surface area contributed by atoms with Gasteiger partial charge in [0.15, 0.2) is 11.5 Å². The van der Waals surface area contributed by atoms with Gasteiger partial charge in [0.2, 0.25) is 0 Å². The molecule has 0 unspecified atom stereocenters. The summed E-state index contributed by atoms with van der Waals surface area (Å²) < 4.78 is 13.4. The second-order valence-electron chi connectivity index (χ2n) is 9.11. The van der Waals surface area contributed by atoms with E-state index in [1.54, 1.807) is 30.3 Å². The van der Waals surface area contributed by atoms with Crippen LogP contribution >= 0.6 is 31.9 Å². The first-order valence-corrected chi connectivity index (χ1v) is 14.1. The van der Waals surface area contributed by atoms with Crippen LogP contribution in [0.5, 0.6) is 11.5 Å². The number of ether oxygens (including phenoxy) is 2. The molecule has 0 aromatic heterocycles. The zero-order valence-electron chi connectivity index (χ0n) is 21.7. The lowest BCUT2D eigenvalue weighted by molar-refractivity contribution is -0.122. The Bertz CT molecular complexity index is 1700. The van der Waals surface area contributed by atoms with E-state index in [0.717, 1.165) is 31.3 Å². The van der Waals surface area contributed by atoms with Crippen LogP contribution in [0.4, 0.5) is 10.5 Å². The fraction of sp³-hybridized carbons (Fsp3) is 0.129. The Hall–Kier alpha value is -3.95. The smallest absolute Gasteiger partial charge is 0.335 e. The Morgan fingerprint density at radius 2 is 1.60 bits per heavy atom. The van der Waals surface area contributed by atoms with Gasteiger partial charge in [-0.15, -0.1) is 0 Å². The first-order chi connectivity index (χ1) is 19.2. The van der Waals surface area contributed by atoms with Crippen molar-refractivity contribution in [3.63, 3.8) is 0 Å². The summed E-state index contributed by atoms with van der Waals surface area (Å²) in [6.45, 7) is 4.41. The van der Waals surface area contributed by atoms with Gasteiger partial charge in [0, 0.05) is 8.95 Å². The lowest BCUT2D eigenvalue weighted by Gasteiger charge is -2.27. The van der Waals surface area contributed by atoms with E-state index in [2.05, 4.69) is 61.4 Å². The molecule has 0 saturated carbocycles. The molecule has 1 saturated heterocycles. The zero-order valence-corrected chi connectivity index (χ0v) is 24.8. The van der Waals surface area contributed by atoms with Crippen LogP contribution < -0.4 is 19.7 Å². The summed E-state index contributed by atoms with van der Waals surface area (Å²) in [5.41, 5.74) is 2.52. The van der Waals surface area contributed by atoms with Gasteiger partial charge in [-0.1, -0.05) is 68.3 Å². The molecule has 202 valence electrons. The van der Waals surface area contributed by atoms with Crippen molar-refractivity contribution in [3.8, 4) is 11.5 Å². The number of hydrogen-bond acceptors (Lipinski definition) is 5. The SMILES string of the molecule is CCOc1cc(/C=C2\C(=O)NC(=O)N(c3ccc(Br)c(C)c3)C2=O)c(Br)cc1OCc1ccc2ccccc2c1. The van der Waals surface area contributed by atoms with E-state index >= 15 is 0 Å². The average molecular weight is 664 g/mol. The summed E-state index contributed by atoms with van der Waals surface area (Å²) in [4.78, 5) is 39.7. The topological polar surface area (TPSA) is 84.9 Å². The Balaban J connectivity index is 1.44. The van der Waals surface area contributed by atoms with Crippen molar-refractivity contribution in [2.45, 2.75) is 20.5 Å². The number of benzene rings is 4. The number of urea groups is 1. The predicted octanol–water partition coefficient (Wildman–Crippen LogP) is 7.32. The summed E-state index contributed by atoms with van der Waals surface area (Å²) >= 11 is 6.96. The molecule has 0 radical (unpaired) electrons. The molecular weight excluding hydrogens is 640 g/mol. The summed E-state index contributed by atoms with van der Waals surface area (Å²) in [5.74, 6) is -0.539. The maximum Gasteiger partial charge on any atom is 0.335 e. The molecule has 40 heavy (non-hydrogen) atoms. The molecule has 9 heteroatoms. The molecule has 1 aliphatic heterocycles. The number of imide groups is 2. The van der Waals surface area contributed by atoms with Crippen molar-refractivity contribution in [2.24, 2.45) is 0 Å². The van der Waals surface area contributed by atoms with Crippen LogP contribution in [-0.2, 0) is 16.2 Å². The summed E-state index contributed by atoms with van der Waals surface area (Å²) in [7, 11) is 0. The highest BCUT2D eigenvalue weighted by Crippen LogP contribution is 2.36. The molecule has 0 bridgehead atoms. The van der Waals surface area contributed by atoms with Crippen LogP contribution in [0.1, 0.15) is 23.6 Å². The molecule has 1 heterocycles. The van der Waals surface area contributed by atoms with E-state index in [-0.39, 0.29) is 5.57 Å². The molecule has 0 aliphatic carbocycles. The minimum absolute atomic E-state index is 0.187. The van der Waals surface area contributed by atoms with Crippen LogP contribution in [0.2, 0.25) is 0 Å². The third-order valence-corrected chi connectivity index (χ3v) is 7.95. The van der Waals surface area contributed by atoms with Crippen molar-refractivity contribution in [2.75, 3.05) is 11.5 Å². The number of nitrogens with zero attached hydrogens (tertiary/aromatic N) is 1. The average Bonchev–Trinajstić information content (AvgIpc) is 2.93. The summed E-state index contributed by atoms with van der Waals surface area (Å²) in [5, 5.41) is 4.53. The van der Waals surface area contributed by atoms with Crippen LogP contribution in [0.15, 0.2) is 87.3 Å². The highest BCUT2D eigenvalue weighted by Gasteiger charge is 2.37. The second-order valence-corrected chi connectivity index (χ2v) is 10.8. The Morgan fingerprint density at radius 1 is 0.850 bits per heavy atom. The maximum absolute atomic E-state index is 13.4. The number of hydrogen-bond donors (Lipinski definition) is 1. The molecular formula is C31H24Br2N2O5. The van der Waals surface area contributed by atoms with E-state index < -0.39 is 17.8 Å². The molecule has 1 N–H and O–H groups in total. The molecule has 4 aromatic carbocycles. The second kappa shape index (κ2) is 11.7. The lowest BCUT2D eigenvalue weighted by Crippen LogP contribution is -2.54. The largest absolute Gasteiger partial charge is 0.490 e. The van der Waals surface area contributed by atoms with Gasteiger partial charge in [-0.05, 0) is 83.8 Å². The van der Waals surface area contributed by atoms with Crippen molar-refractivity contribution in [1.82, 2.24) is 5.32 Å². The minimum atomic E-state index is -0.805. The maximum atomic E-state index is 13.4. The van der Waals surface area contributed by atoms with E-state index in [4.69, 9.17) is 9.47 Å². The quantitative estimate of drug-likeness (QED) is 0.166. The number of halogens is 2. The number of amides is 4. The van der Waals surface area contributed by atoms with Crippen LogP contribution in [-0.4, -0.2) is 24.5 Å². The molecule has 7 nitrogen and oxygen atoms in total. The van der Waals surface area contributed by atoms with Gasteiger partial charge < -0.3 is 9.47 Å². The highest BCUT2D eigenvalue weighted by molar-refractivity contribution is 9.10. The molecule has 4 aromatic rings. The van der Waals surface area contributed by atoms with Crippen molar-refractivity contribution in [3.05, 3.63) is 104 Å². The predicted molar refractivity (Wildman–Crippen MR) is 161 cm³/mol. The van der Waals surface area contributed by atoms with E-state index in [1.165, 1.54) is 6.08 Å². The van der Waals surface area contributed by atoms with Crippen LogP contribution in [0.3, 0.4) is 0 Å². The first kappa shape index (κ1) is 27.6. The van der Waals surface area contributed by atoms with Crippen LogP contribution in [0, 0.1) is 6.92 Å². The van der Waals surface area contributed by atoms with E-state index in [9.17, 15) is 14.4 Å². The number of carbonyl (C=O) groups excluding carboxylic acids is 3. The molecule has 1 fully saturated rings. The number of aryl methyl sites for hydroxylation is 1. The Labute approximate surface area is 248 Å². The Morgan fingerprint density at radius 3 is 2.35 bits per heavy atom. The molecule has 5 rings (SSSR count). The van der Waals surface area contributed by atoms with Crippen LogP contribution in [0.25, 0.3) is 16.8 Å². The third kappa shape index (κ3) is 5.66. The van der Waals surface area contributed by atoms with Gasteiger partial charge in [-0.3, -0.25) is 14.9 Å². The normalized spacial score (nSPS) is 14.6. The number of nitrogens with one attached hydrogen (secondary N) is 1. The van der Waals surface area contributed by atoms with Crippen molar-refractivity contribution < 1.29 is 23.9 Å². The van der Waals surface area contributed by atoms with E-state index in [1.807, 2.05) is 32.0 Å². The van der Waals surface area contributed by atoms with Crippen molar-refractivity contribution in [1.29, 1.82) is 0 Å². The number of barbiturate groups is 1. The fourth-order valence-electron chi connectivity index (χ4n) is 4.35. The van der Waals surface area contributed by atoms with Crippen molar-refractivity contribution >= 4 is 72.2 Å². The Kier molecular flexibility index (Phi) is 8.04. The first-order valence-electron chi connectivity index (χ1n) is 12.5. The zero-order chi connectivity index (χ0) is 28.4. The molecule has 4 amide bonds. The highest BCUT2D eigenvalue weighted by atomic mass is 79.9. The van der Waals surface area contributed by atoms with Gasteiger partial charge >= 0.3 is 6.03 Å². The summed E-state index contributed by atoms with van der Waals surface area (Å²) in [6.07, 6.45) is 1.43. The molecule has 1 aliphatic rings. The number of rotatable bonds is 7. The summed E-state index contributed by atoms with van der Waals surface area (Å²) in [6, 6.07) is 22.0.